The number of hydrogen-bond acceptors (Lipinski definition) is 3. The summed E-state index contributed by atoms with van der Waals surface area (Å²) in [4.78, 5) is 10.8. The third-order valence-corrected chi connectivity index (χ3v) is 1.92. The van der Waals surface area contributed by atoms with Crippen LogP contribution in [-0.2, 0) is 9.53 Å². The Labute approximate surface area is 104 Å². The van der Waals surface area contributed by atoms with E-state index in [9.17, 15) is 31.1 Å². The molecule has 0 saturated heterocycles. The van der Waals surface area contributed by atoms with Gasteiger partial charge in [-0.05, 0) is 13.8 Å². The number of alkyl halides is 6. The molecule has 0 saturated carbocycles. The summed E-state index contributed by atoms with van der Waals surface area (Å²) in [5, 5.41) is 8.01. The summed E-state index contributed by atoms with van der Waals surface area (Å²) >= 11 is 0. The number of aliphatic hydroxyl groups excluding tert-OH is 1. The Kier molecular flexibility index (Phi) is 5.42. The highest BCUT2D eigenvalue weighted by Gasteiger charge is 2.71. The average Bonchev–Trinajstić information content (AvgIpc) is 2.25. The van der Waals surface area contributed by atoms with Gasteiger partial charge in [-0.2, -0.15) is 26.3 Å². The van der Waals surface area contributed by atoms with E-state index in [1.54, 1.807) is 0 Å². The lowest BCUT2D eigenvalue weighted by atomic mass is 10.1. The molecule has 0 heterocycles. The van der Waals surface area contributed by atoms with Crippen LogP contribution in [0.15, 0.2) is 11.6 Å². The molecule has 0 radical (unpaired) electrons. The van der Waals surface area contributed by atoms with Crippen molar-refractivity contribution in [1.29, 1.82) is 0 Å². The molecular weight excluding hydrogens is 282 g/mol. The molecule has 0 aliphatic rings. The predicted molar refractivity (Wildman–Crippen MR) is 52.3 cm³/mol. The van der Waals surface area contributed by atoms with Crippen LogP contribution in [0.5, 0.6) is 0 Å². The van der Waals surface area contributed by atoms with Crippen molar-refractivity contribution < 1.29 is 41.0 Å². The SMILES string of the molecule is CC(C)=CC(=O)OCC(F)(F)C(F)(F)C(F)(F)CO. The van der Waals surface area contributed by atoms with Crippen molar-refractivity contribution in [2.45, 2.75) is 31.6 Å². The molecule has 9 heteroatoms. The highest BCUT2D eigenvalue weighted by molar-refractivity contribution is 5.82. The molecule has 0 aromatic heterocycles. The average molecular weight is 294 g/mol. The minimum Gasteiger partial charge on any atom is -0.456 e. The third kappa shape index (κ3) is 4.12. The fraction of sp³-hybridized carbons (Fsp3) is 0.700. The third-order valence-electron chi connectivity index (χ3n) is 1.92. The smallest absolute Gasteiger partial charge is 0.377 e. The lowest BCUT2D eigenvalue weighted by molar-refractivity contribution is -0.323. The molecule has 0 aromatic carbocycles. The minimum atomic E-state index is -5.85. The van der Waals surface area contributed by atoms with Crippen LogP contribution in [0.4, 0.5) is 26.3 Å². The molecule has 0 rings (SSSR count). The monoisotopic (exact) mass is 294 g/mol. The van der Waals surface area contributed by atoms with E-state index in [2.05, 4.69) is 4.74 Å². The molecule has 1 N–H and O–H groups in total. The van der Waals surface area contributed by atoms with Gasteiger partial charge in [0, 0.05) is 6.08 Å². The summed E-state index contributed by atoms with van der Waals surface area (Å²) in [6.45, 7) is -1.86. The van der Waals surface area contributed by atoms with Crippen LogP contribution in [-0.4, -0.2) is 42.1 Å². The fourth-order valence-electron chi connectivity index (χ4n) is 0.897. The zero-order chi connectivity index (χ0) is 15.5. The van der Waals surface area contributed by atoms with E-state index in [-0.39, 0.29) is 0 Å². The van der Waals surface area contributed by atoms with Gasteiger partial charge < -0.3 is 9.84 Å². The number of carbonyl (C=O) groups is 1. The Balaban J connectivity index is 4.89. The van der Waals surface area contributed by atoms with Crippen molar-refractivity contribution in [3.05, 3.63) is 11.6 Å². The molecule has 0 aliphatic carbocycles. The Hall–Kier alpha value is -1.25. The summed E-state index contributed by atoms with van der Waals surface area (Å²) < 4.78 is 80.4. The number of ether oxygens (including phenoxy) is 1. The van der Waals surface area contributed by atoms with Gasteiger partial charge in [-0.15, -0.1) is 0 Å². The maximum atomic E-state index is 12.9. The number of aliphatic hydroxyl groups is 1. The number of carbonyl (C=O) groups excluding carboxylic acids is 1. The maximum Gasteiger partial charge on any atom is 0.377 e. The van der Waals surface area contributed by atoms with Gasteiger partial charge in [-0.25, -0.2) is 4.79 Å². The molecule has 0 atom stereocenters. The highest BCUT2D eigenvalue weighted by atomic mass is 19.3. The molecular formula is C10H12F6O3. The van der Waals surface area contributed by atoms with Gasteiger partial charge in [0.2, 0.25) is 0 Å². The van der Waals surface area contributed by atoms with Gasteiger partial charge in [0.05, 0.1) is 0 Å². The molecule has 0 spiro atoms. The molecule has 0 bridgehead atoms. The molecule has 0 amide bonds. The second-order valence-electron chi connectivity index (χ2n) is 3.97. The van der Waals surface area contributed by atoms with E-state index in [4.69, 9.17) is 5.11 Å². The number of halogens is 6. The van der Waals surface area contributed by atoms with Crippen LogP contribution in [0.1, 0.15) is 13.8 Å². The van der Waals surface area contributed by atoms with E-state index < -0.39 is 37.0 Å². The normalized spacial score (nSPS) is 13.1. The summed E-state index contributed by atoms with van der Waals surface area (Å²) in [5.74, 6) is -17.9. The molecule has 0 fully saturated rings. The Morgan fingerprint density at radius 3 is 1.95 bits per heavy atom. The number of hydrogen-bond donors (Lipinski definition) is 1. The zero-order valence-corrected chi connectivity index (χ0v) is 10.0. The minimum absolute atomic E-state index is 0.348. The second-order valence-corrected chi connectivity index (χ2v) is 3.97. The second kappa shape index (κ2) is 5.81. The lowest BCUT2D eigenvalue weighted by Gasteiger charge is -2.31. The van der Waals surface area contributed by atoms with Crippen LogP contribution in [0.25, 0.3) is 0 Å². The van der Waals surface area contributed by atoms with Crippen molar-refractivity contribution >= 4 is 5.97 Å². The fourth-order valence-corrected chi connectivity index (χ4v) is 0.897. The van der Waals surface area contributed by atoms with Crippen LogP contribution < -0.4 is 0 Å². The van der Waals surface area contributed by atoms with Gasteiger partial charge in [-0.1, -0.05) is 5.57 Å². The maximum absolute atomic E-state index is 12.9. The predicted octanol–water partition coefficient (Wildman–Crippen LogP) is 2.39. The van der Waals surface area contributed by atoms with Crippen LogP contribution in [0.3, 0.4) is 0 Å². The van der Waals surface area contributed by atoms with Gasteiger partial charge in [0.15, 0.2) is 6.61 Å². The van der Waals surface area contributed by atoms with Gasteiger partial charge in [0.25, 0.3) is 0 Å². The summed E-state index contributed by atoms with van der Waals surface area (Å²) in [6.07, 6.45) is 0.735. The first-order valence-electron chi connectivity index (χ1n) is 4.93. The Morgan fingerprint density at radius 2 is 1.58 bits per heavy atom. The van der Waals surface area contributed by atoms with Crippen LogP contribution in [0.2, 0.25) is 0 Å². The largest absolute Gasteiger partial charge is 0.456 e. The van der Waals surface area contributed by atoms with Gasteiger partial charge in [0.1, 0.15) is 6.61 Å². The molecule has 0 unspecified atom stereocenters. The first-order chi connectivity index (χ1) is 8.37. The highest BCUT2D eigenvalue weighted by Crippen LogP contribution is 2.45. The van der Waals surface area contributed by atoms with E-state index in [0.717, 1.165) is 6.08 Å². The van der Waals surface area contributed by atoms with Crippen molar-refractivity contribution in [2.24, 2.45) is 0 Å². The van der Waals surface area contributed by atoms with E-state index in [1.807, 2.05) is 0 Å². The van der Waals surface area contributed by atoms with Crippen molar-refractivity contribution in [3.8, 4) is 0 Å². The van der Waals surface area contributed by atoms with E-state index in [1.165, 1.54) is 13.8 Å². The summed E-state index contributed by atoms with van der Waals surface area (Å²) in [6, 6.07) is 0. The number of allylic oxidation sites excluding steroid dienone is 1. The van der Waals surface area contributed by atoms with E-state index >= 15 is 0 Å². The first-order valence-corrected chi connectivity index (χ1v) is 4.93. The summed E-state index contributed by atoms with van der Waals surface area (Å²) in [5.41, 5.74) is 0.348. The van der Waals surface area contributed by atoms with Crippen molar-refractivity contribution in [1.82, 2.24) is 0 Å². The number of esters is 1. The standard InChI is InChI=1S/C10H12F6O3/c1-6(2)3-7(18)19-5-9(13,14)10(15,16)8(11,12)4-17/h3,17H,4-5H2,1-2H3. The van der Waals surface area contributed by atoms with Gasteiger partial charge >= 0.3 is 23.7 Å². The van der Waals surface area contributed by atoms with Crippen LogP contribution in [0, 0.1) is 0 Å². The lowest BCUT2D eigenvalue weighted by Crippen LogP contribution is -2.57. The first kappa shape index (κ1) is 17.8. The van der Waals surface area contributed by atoms with E-state index in [0.29, 0.717) is 5.57 Å². The molecule has 3 nitrogen and oxygen atoms in total. The zero-order valence-electron chi connectivity index (χ0n) is 10.0. The topological polar surface area (TPSA) is 46.5 Å². The van der Waals surface area contributed by atoms with Crippen molar-refractivity contribution in [3.63, 3.8) is 0 Å². The number of rotatable bonds is 6. The molecule has 0 aromatic rings. The molecule has 19 heavy (non-hydrogen) atoms. The quantitative estimate of drug-likeness (QED) is 0.465. The Morgan fingerprint density at radius 1 is 1.11 bits per heavy atom. The van der Waals surface area contributed by atoms with Crippen molar-refractivity contribution in [2.75, 3.05) is 13.2 Å². The molecule has 0 aliphatic heterocycles. The Bertz CT molecular complexity index is 360. The van der Waals surface area contributed by atoms with Crippen LogP contribution >= 0.6 is 0 Å². The molecule has 112 valence electrons. The summed E-state index contributed by atoms with van der Waals surface area (Å²) in [7, 11) is 0. The van der Waals surface area contributed by atoms with Gasteiger partial charge in [-0.3, -0.25) is 0 Å².